The summed E-state index contributed by atoms with van der Waals surface area (Å²) < 4.78 is 0. The number of nitrogens with zero attached hydrogens (tertiary/aromatic N) is 3. The zero-order valence-electron chi connectivity index (χ0n) is 15.0. The van der Waals surface area contributed by atoms with Crippen molar-refractivity contribution in [3.8, 4) is 0 Å². The number of carbonyl (C=O) groups is 5. The number of imide groups is 2. The number of nitrogens with one attached hydrogen (secondary N) is 1. The Kier molecular flexibility index (Phi) is 5.39. The number of carbonyl (C=O) groups excluding carboxylic acids is 5. The van der Waals surface area contributed by atoms with Crippen LogP contribution < -0.4 is 5.32 Å². The molecule has 1 fully saturated rings. The summed E-state index contributed by atoms with van der Waals surface area (Å²) in [6.45, 7) is 2.89. The largest absolute Gasteiger partial charge is 0.335 e. The molecule has 9 nitrogen and oxygen atoms in total. The standard InChI is InChI=1S/C17H20N4O5/c1-10-5-6-11(2)12(7-10)18-13(22)8-19(3)14(23)9-21-16(25)15(24)20(4)17(21)26/h5-7H,8-9H2,1-4H3,(H,18,22). The maximum Gasteiger partial charge on any atom is 0.334 e. The van der Waals surface area contributed by atoms with E-state index < -0.39 is 36.2 Å². The van der Waals surface area contributed by atoms with Gasteiger partial charge in [-0.15, -0.1) is 0 Å². The Morgan fingerprint density at radius 2 is 1.77 bits per heavy atom. The summed E-state index contributed by atoms with van der Waals surface area (Å²) in [6.07, 6.45) is 0. The van der Waals surface area contributed by atoms with Crippen molar-refractivity contribution in [3.05, 3.63) is 29.3 Å². The molecule has 0 saturated carbocycles. The van der Waals surface area contributed by atoms with E-state index >= 15 is 0 Å². The van der Waals surface area contributed by atoms with Crippen molar-refractivity contribution in [2.75, 3.05) is 32.5 Å². The van der Waals surface area contributed by atoms with Gasteiger partial charge in [0, 0.05) is 19.8 Å². The Morgan fingerprint density at radius 3 is 2.35 bits per heavy atom. The van der Waals surface area contributed by atoms with Gasteiger partial charge >= 0.3 is 17.8 Å². The molecule has 6 amide bonds. The zero-order chi connectivity index (χ0) is 19.6. The van der Waals surface area contributed by atoms with Gasteiger partial charge in [0.1, 0.15) is 6.54 Å². The maximum atomic E-state index is 12.2. The lowest BCUT2D eigenvalue weighted by molar-refractivity contribution is -0.144. The van der Waals surface area contributed by atoms with Crippen LogP contribution in [0.2, 0.25) is 0 Å². The maximum absolute atomic E-state index is 12.2. The lowest BCUT2D eigenvalue weighted by Gasteiger charge is -2.20. The smallest absolute Gasteiger partial charge is 0.334 e. The predicted molar refractivity (Wildman–Crippen MR) is 92.1 cm³/mol. The highest BCUT2D eigenvalue weighted by molar-refractivity contribution is 6.44. The summed E-state index contributed by atoms with van der Waals surface area (Å²) in [6, 6.07) is 4.75. The first-order chi connectivity index (χ1) is 12.1. The quantitative estimate of drug-likeness (QED) is 0.593. The third-order valence-corrected chi connectivity index (χ3v) is 4.02. The van der Waals surface area contributed by atoms with Crippen molar-refractivity contribution < 1.29 is 24.0 Å². The van der Waals surface area contributed by atoms with Crippen LogP contribution in [0.5, 0.6) is 0 Å². The monoisotopic (exact) mass is 360 g/mol. The molecule has 0 aromatic heterocycles. The number of urea groups is 1. The van der Waals surface area contributed by atoms with Gasteiger partial charge in [0.25, 0.3) is 0 Å². The highest BCUT2D eigenvalue weighted by Gasteiger charge is 2.43. The molecule has 0 atom stereocenters. The van der Waals surface area contributed by atoms with Gasteiger partial charge in [-0.25, -0.2) is 9.69 Å². The summed E-state index contributed by atoms with van der Waals surface area (Å²) in [7, 11) is 2.54. The van der Waals surface area contributed by atoms with Crippen molar-refractivity contribution in [1.82, 2.24) is 14.7 Å². The number of aryl methyl sites for hydroxylation is 2. The molecule has 1 heterocycles. The number of amides is 6. The van der Waals surface area contributed by atoms with Crippen LogP contribution in [0.4, 0.5) is 10.5 Å². The first-order valence-corrected chi connectivity index (χ1v) is 7.86. The van der Waals surface area contributed by atoms with E-state index in [2.05, 4.69) is 5.32 Å². The third kappa shape index (κ3) is 3.88. The molecule has 0 spiro atoms. The molecule has 1 aromatic rings. The number of hydrogen-bond acceptors (Lipinski definition) is 5. The van der Waals surface area contributed by atoms with E-state index in [0.29, 0.717) is 15.5 Å². The van der Waals surface area contributed by atoms with Gasteiger partial charge in [0.15, 0.2) is 0 Å². The third-order valence-electron chi connectivity index (χ3n) is 4.02. The number of anilines is 1. The molecule has 26 heavy (non-hydrogen) atoms. The summed E-state index contributed by atoms with van der Waals surface area (Å²) in [5.41, 5.74) is 2.51. The molecule has 1 N–H and O–H groups in total. The van der Waals surface area contributed by atoms with Gasteiger partial charge in [-0.3, -0.25) is 24.1 Å². The lowest BCUT2D eigenvalue weighted by Crippen LogP contribution is -2.44. The highest BCUT2D eigenvalue weighted by atomic mass is 16.2. The zero-order valence-corrected chi connectivity index (χ0v) is 15.0. The van der Waals surface area contributed by atoms with E-state index in [1.165, 1.54) is 7.05 Å². The molecule has 1 aliphatic heterocycles. The van der Waals surface area contributed by atoms with E-state index in [4.69, 9.17) is 0 Å². The van der Waals surface area contributed by atoms with E-state index in [0.717, 1.165) is 23.1 Å². The first kappa shape index (κ1) is 19.1. The fourth-order valence-electron chi connectivity index (χ4n) is 2.37. The first-order valence-electron chi connectivity index (χ1n) is 7.86. The van der Waals surface area contributed by atoms with Crippen molar-refractivity contribution >= 4 is 35.3 Å². The summed E-state index contributed by atoms with van der Waals surface area (Å²) in [5.74, 6) is -3.09. The normalized spacial score (nSPS) is 14.1. The van der Waals surface area contributed by atoms with E-state index in [9.17, 15) is 24.0 Å². The van der Waals surface area contributed by atoms with Crippen LogP contribution in [0.3, 0.4) is 0 Å². The summed E-state index contributed by atoms with van der Waals surface area (Å²) >= 11 is 0. The topological polar surface area (TPSA) is 107 Å². The van der Waals surface area contributed by atoms with Gasteiger partial charge < -0.3 is 10.2 Å². The molecule has 1 aliphatic rings. The molecule has 138 valence electrons. The van der Waals surface area contributed by atoms with Crippen LogP contribution in [0, 0.1) is 13.8 Å². The van der Waals surface area contributed by atoms with Gasteiger partial charge in [0.2, 0.25) is 11.8 Å². The molecule has 0 radical (unpaired) electrons. The minimum absolute atomic E-state index is 0.258. The molecule has 1 saturated heterocycles. The van der Waals surface area contributed by atoms with Gasteiger partial charge in [-0.1, -0.05) is 12.1 Å². The minimum atomic E-state index is -1.06. The molecule has 0 unspecified atom stereocenters. The predicted octanol–water partition coefficient (Wildman–Crippen LogP) is 0.121. The molecule has 0 aliphatic carbocycles. The molecular weight excluding hydrogens is 340 g/mol. The van der Waals surface area contributed by atoms with Crippen molar-refractivity contribution in [3.63, 3.8) is 0 Å². The number of hydrogen-bond donors (Lipinski definition) is 1. The Labute approximate surface area is 150 Å². The number of benzene rings is 1. The second-order valence-electron chi connectivity index (χ2n) is 6.15. The van der Waals surface area contributed by atoms with Gasteiger partial charge in [0.05, 0.1) is 6.54 Å². The van der Waals surface area contributed by atoms with E-state index in [-0.39, 0.29) is 6.54 Å². The fraction of sp³-hybridized carbons (Fsp3) is 0.353. The second kappa shape index (κ2) is 7.34. The lowest BCUT2D eigenvalue weighted by atomic mass is 10.1. The number of likely N-dealkylation sites (N-methyl/N-ethyl adjacent to an activating group) is 2. The Morgan fingerprint density at radius 1 is 1.12 bits per heavy atom. The van der Waals surface area contributed by atoms with Crippen LogP contribution in [0.25, 0.3) is 0 Å². The van der Waals surface area contributed by atoms with Crippen LogP contribution >= 0.6 is 0 Å². The SMILES string of the molecule is Cc1ccc(C)c(NC(=O)CN(C)C(=O)CN2C(=O)C(=O)N(C)C2=O)c1. The Bertz CT molecular complexity index is 804. The second-order valence-corrected chi connectivity index (χ2v) is 6.15. The minimum Gasteiger partial charge on any atom is -0.335 e. The molecule has 9 heteroatoms. The molecular formula is C17H20N4O5. The molecule has 1 aromatic carbocycles. The molecule has 0 bridgehead atoms. The van der Waals surface area contributed by atoms with Crippen LogP contribution in [-0.2, 0) is 19.2 Å². The van der Waals surface area contributed by atoms with Gasteiger partial charge in [-0.2, -0.15) is 0 Å². The van der Waals surface area contributed by atoms with Crippen LogP contribution in [-0.4, -0.2) is 71.5 Å². The van der Waals surface area contributed by atoms with E-state index in [1.54, 1.807) is 0 Å². The van der Waals surface area contributed by atoms with Crippen LogP contribution in [0.1, 0.15) is 11.1 Å². The average Bonchev–Trinajstić information content (AvgIpc) is 2.75. The highest BCUT2D eigenvalue weighted by Crippen LogP contribution is 2.16. The Balaban J connectivity index is 1.95. The van der Waals surface area contributed by atoms with Crippen molar-refractivity contribution in [2.24, 2.45) is 0 Å². The number of rotatable bonds is 5. The fourth-order valence-corrected chi connectivity index (χ4v) is 2.37. The molecule has 2 rings (SSSR count). The van der Waals surface area contributed by atoms with Gasteiger partial charge in [-0.05, 0) is 31.0 Å². The average molecular weight is 360 g/mol. The van der Waals surface area contributed by atoms with Crippen LogP contribution in [0.15, 0.2) is 18.2 Å². The van der Waals surface area contributed by atoms with Crippen molar-refractivity contribution in [2.45, 2.75) is 13.8 Å². The van der Waals surface area contributed by atoms with E-state index in [1.807, 2.05) is 32.0 Å². The van der Waals surface area contributed by atoms with Crippen molar-refractivity contribution in [1.29, 1.82) is 0 Å². The summed E-state index contributed by atoms with van der Waals surface area (Å²) in [4.78, 5) is 61.5. The summed E-state index contributed by atoms with van der Waals surface area (Å²) in [5, 5.41) is 2.72. The Hall–Kier alpha value is -3.23.